The quantitative estimate of drug-likeness (QED) is 0.700. The summed E-state index contributed by atoms with van der Waals surface area (Å²) in [5.41, 5.74) is 0. The molecule has 1 aromatic heterocycles. The molecule has 8 heteroatoms. The lowest BCUT2D eigenvalue weighted by atomic mass is 10.4. The first-order valence-corrected chi connectivity index (χ1v) is 6.68. The fourth-order valence-corrected chi connectivity index (χ4v) is 3.29. The Morgan fingerprint density at radius 1 is 1.62 bits per heavy atom. The number of carboxylic acid groups (broad SMARTS) is 1. The lowest BCUT2D eigenvalue weighted by Crippen LogP contribution is -2.34. The number of nitrogens with one attached hydrogen (secondary N) is 1. The van der Waals surface area contributed by atoms with Crippen LogP contribution in [0, 0.1) is 0 Å². The number of thiophene rings is 1. The van der Waals surface area contributed by atoms with E-state index in [4.69, 9.17) is 10.2 Å². The van der Waals surface area contributed by atoms with Gasteiger partial charge in [-0.15, -0.1) is 11.3 Å². The summed E-state index contributed by atoms with van der Waals surface area (Å²) in [6, 6.07) is 0.470. The van der Waals surface area contributed by atoms with Gasteiger partial charge >= 0.3 is 5.97 Å². The predicted octanol–water partition coefficient (Wildman–Crippen LogP) is 0.105. The van der Waals surface area contributed by atoms with Gasteiger partial charge in [0.15, 0.2) is 0 Å². The van der Waals surface area contributed by atoms with Gasteiger partial charge in [-0.1, -0.05) is 0 Å². The van der Waals surface area contributed by atoms with E-state index >= 15 is 0 Å². The Labute approximate surface area is 96.6 Å². The number of aliphatic hydroxyl groups excluding tert-OH is 1. The first kappa shape index (κ1) is 13.1. The van der Waals surface area contributed by atoms with E-state index in [-0.39, 0.29) is 16.4 Å². The van der Waals surface area contributed by atoms with Crippen molar-refractivity contribution in [3.63, 3.8) is 0 Å². The molecule has 6 nitrogen and oxygen atoms in total. The molecule has 0 aliphatic rings. The molecule has 0 aliphatic heterocycles. The average molecular weight is 265 g/mol. The van der Waals surface area contributed by atoms with Gasteiger partial charge in [-0.3, -0.25) is 0 Å². The summed E-state index contributed by atoms with van der Waals surface area (Å²) in [5, 5.41) is 18.6. The third-order valence-electron chi connectivity index (χ3n) is 1.73. The molecular weight excluding hydrogens is 254 g/mol. The Bertz CT molecular complexity index is 478. The van der Waals surface area contributed by atoms with Gasteiger partial charge in [-0.25, -0.2) is 17.9 Å². The third kappa shape index (κ3) is 3.01. The fourth-order valence-electron chi connectivity index (χ4n) is 0.942. The third-order valence-corrected chi connectivity index (χ3v) is 4.36. The van der Waals surface area contributed by atoms with Crippen molar-refractivity contribution in [2.24, 2.45) is 0 Å². The van der Waals surface area contributed by atoms with Crippen LogP contribution >= 0.6 is 11.3 Å². The van der Waals surface area contributed by atoms with Crippen LogP contribution in [0.25, 0.3) is 0 Å². The number of aromatic carboxylic acids is 1. The van der Waals surface area contributed by atoms with Crippen molar-refractivity contribution >= 4 is 27.3 Å². The standard InChI is InChI=1S/C8H11NO5S2/c1-5(3-10)9-16(13,14)6-2-7(8(11)12)15-4-6/h2,4-5,9-10H,3H2,1H3,(H,11,12). The molecular formula is C8H11NO5S2. The van der Waals surface area contributed by atoms with E-state index in [1.807, 2.05) is 0 Å². The highest BCUT2D eigenvalue weighted by Crippen LogP contribution is 2.19. The normalized spacial score (nSPS) is 13.6. The average Bonchev–Trinajstić information content (AvgIpc) is 2.66. The first-order chi connectivity index (χ1) is 7.36. The zero-order chi connectivity index (χ0) is 12.3. The molecule has 1 heterocycles. The second-order valence-electron chi connectivity index (χ2n) is 3.16. The van der Waals surface area contributed by atoms with Crippen LogP contribution in [0.1, 0.15) is 16.6 Å². The highest BCUT2D eigenvalue weighted by Gasteiger charge is 2.20. The Morgan fingerprint density at radius 3 is 2.69 bits per heavy atom. The van der Waals surface area contributed by atoms with Crippen LogP contribution in [0.15, 0.2) is 16.3 Å². The maximum atomic E-state index is 11.6. The maximum Gasteiger partial charge on any atom is 0.345 e. The van der Waals surface area contributed by atoms with E-state index < -0.39 is 22.0 Å². The van der Waals surface area contributed by atoms with Gasteiger partial charge in [0, 0.05) is 11.4 Å². The number of aliphatic hydroxyl groups is 1. The van der Waals surface area contributed by atoms with E-state index in [0.717, 1.165) is 17.4 Å². The smallest absolute Gasteiger partial charge is 0.345 e. The summed E-state index contributed by atoms with van der Waals surface area (Å²) < 4.78 is 25.5. The summed E-state index contributed by atoms with van der Waals surface area (Å²) in [5.74, 6) is -1.17. The fraction of sp³-hybridized carbons (Fsp3) is 0.375. The number of hydrogen-bond donors (Lipinski definition) is 3. The molecule has 1 atom stereocenters. The van der Waals surface area contributed by atoms with Gasteiger partial charge in [0.1, 0.15) is 4.88 Å². The Hall–Kier alpha value is -0.960. The van der Waals surface area contributed by atoms with Crippen molar-refractivity contribution in [1.82, 2.24) is 4.72 Å². The Kier molecular flexibility index (Phi) is 4.03. The zero-order valence-electron chi connectivity index (χ0n) is 8.37. The number of hydrogen-bond acceptors (Lipinski definition) is 5. The second-order valence-corrected chi connectivity index (χ2v) is 5.78. The van der Waals surface area contributed by atoms with Gasteiger partial charge < -0.3 is 10.2 Å². The van der Waals surface area contributed by atoms with Crippen LogP contribution in [0.5, 0.6) is 0 Å². The summed E-state index contributed by atoms with van der Waals surface area (Å²) in [6.07, 6.45) is 0. The molecule has 0 fully saturated rings. The van der Waals surface area contributed by atoms with Gasteiger partial charge in [0.05, 0.1) is 11.5 Å². The molecule has 1 aromatic rings. The van der Waals surface area contributed by atoms with Crippen LogP contribution in [-0.2, 0) is 10.0 Å². The van der Waals surface area contributed by atoms with Gasteiger partial charge in [0.2, 0.25) is 10.0 Å². The maximum absolute atomic E-state index is 11.6. The van der Waals surface area contributed by atoms with Crippen molar-refractivity contribution < 1.29 is 23.4 Å². The van der Waals surface area contributed by atoms with E-state index in [0.29, 0.717) is 0 Å². The monoisotopic (exact) mass is 265 g/mol. The number of carboxylic acids is 1. The molecule has 0 saturated heterocycles. The van der Waals surface area contributed by atoms with Gasteiger partial charge in [-0.05, 0) is 13.0 Å². The molecule has 0 aromatic carbocycles. The summed E-state index contributed by atoms with van der Waals surface area (Å²) in [4.78, 5) is 10.4. The number of carbonyl (C=O) groups is 1. The number of rotatable bonds is 5. The molecule has 16 heavy (non-hydrogen) atoms. The molecule has 1 rings (SSSR count). The van der Waals surface area contributed by atoms with Crippen LogP contribution in [0.2, 0.25) is 0 Å². The SMILES string of the molecule is CC(CO)NS(=O)(=O)c1csc(C(=O)O)c1. The topological polar surface area (TPSA) is 104 Å². The highest BCUT2D eigenvalue weighted by atomic mass is 32.2. The van der Waals surface area contributed by atoms with E-state index in [2.05, 4.69) is 4.72 Å². The van der Waals surface area contributed by atoms with Crippen LogP contribution in [0.3, 0.4) is 0 Å². The van der Waals surface area contributed by atoms with E-state index in [9.17, 15) is 13.2 Å². The molecule has 0 bridgehead atoms. The molecule has 0 spiro atoms. The lowest BCUT2D eigenvalue weighted by Gasteiger charge is -2.09. The highest BCUT2D eigenvalue weighted by molar-refractivity contribution is 7.89. The summed E-state index contributed by atoms with van der Waals surface area (Å²) in [7, 11) is -3.75. The minimum atomic E-state index is -3.75. The first-order valence-electron chi connectivity index (χ1n) is 4.32. The summed E-state index contributed by atoms with van der Waals surface area (Å²) in [6.45, 7) is 1.18. The minimum absolute atomic E-state index is 0.0444. The minimum Gasteiger partial charge on any atom is -0.477 e. The van der Waals surface area contributed by atoms with Gasteiger partial charge in [-0.2, -0.15) is 0 Å². The van der Waals surface area contributed by atoms with Crippen LogP contribution in [-0.4, -0.2) is 37.2 Å². The predicted molar refractivity (Wildman–Crippen MR) is 58.1 cm³/mol. The van der Waals surface area contributed by atoms with Crippen molar-refractivity contribution in [3.05, 3.63) is 16.3 Å². The van der Waals surface area contributed by atoms with E-state index in [1.165, 1.54) is 12.3 Å². The lowest BCUT2D eigenvalue weighted by molar-refractivity contribution is 0.0702. The molecule has 0 saturated carbocycles. The zero-order valence-corrected chi connectivity index (χ0v) is 10.0. The van der Waals surface area contributed by atoms with Crippen molar-refractivity contribution in [1.29, 1.82) is 0 Å². The molecule has 0 amide bonds. The largest absolute Gasteiger partial charge is 0.477 e. The molecule has 90 valence electrons. The van der Waals surface area contributed by atoms with Crippen LogP contribution < -0.4 is 4.72 Å². The Balaban J connectivity index is 2.94. The molecule has 1 unspecified atom stereocenters. The van der Waals surface area contributed by atoms with Gasteiger partial charge in [0.25, 0.3) is 0 Å². The van der Waals surface area contributed by atoms with Crippen molar-refractivity contribution in [2.75, 3.05) is 6.61 Å². The van der Waals surface area contributed by atoms with Crippen molar-refractivity contribution in [3.8, 4) is 0 Å². The number of sulfonamides is 1. The van der Waals surface area contributed by atoms with Crippen molar-refractivity contribution in [2.45, 2.75) is 17.9 Å². The van der Waals surface area contributed by atoms with E-state index in [1.54, 1.807) is 0 Å². The second kappa shape index (κ2) is 4.91. The van der Waals surface area contributed by atoms with Crippen LogP contribution in [0.4, 0.5) is 0 Å². The summed E-state index contributed by atoms with van der Waals surface area (Å²) >= 11 is 0.838. The Morgan fingerprint density at radius 2 is 2.25 bits per heavy atom. The molecule has 0 aliphatic carbocycles. The molecule has 0 radical (unpaired) electrons. The molecule has 3 N–H and O–H groups in total.